The smallest absolute Gasteiger partial charge is 0.0947 e. The molecule has 0 radical (unpaired) electrons. The van der Waals surface area contributed by atoms with Gasteiger partial charge in [-0.3, -0.25) is 0 Å². The quantitative estimate of drug-likeness (QED) is 0.820. The van der Waals surface area contributed by atoms with Crippen molar-refractivity contribution in [1.29, 1.82) is 0 Å². The molecule has 3 heterocycles. The number of nitrogens with one attached hydrogen (secondary N) is 2. The third kappa shape index (κ3) is 1.41. The van der Waals surface area contributed by atoms with Gasteiger partial charge in [-0.25, -0.2) is 4.98 Å². The van der Waals surface area contributed by atoms with Gasteiger partial charge in [0.1, 0.15) is 0 Å². The standard InChI is InChI=1S/C11H12ClN3S/c1-11(8-2-3-9(12)16-8)10-7(4-5-15-11)13-6-14-10/h2-3,6,15H,4-5H2,1H3,(H,13,14). The molecule has 84 valence electrons. The first-order valence-electron chi connectivity index (χ1n) is 5.24. The molecule has 3 nitrogen and oxygen atoms in total. The molecule has 0 saturated carbocycles. The largest absolute Gasteiger partial charge is 0.348 e. The van der Waals surface area contributed by atoms with E-state index in [1.54, 1.807) is 17.7 Å². The van der Waals surface area contributed by atoms with Crippen molar-refractivity contribution < 1.29 is 0 Å². The van der Waals surface area contributed by atoms with E-state index in [-0.39, 0.29) is 5.54 Å². The number of aromatic amines is 1. The first kappa shape index (κ1) is 10.3. The minimum atomic E-state index is -0.203. The molecule has 1 aliphatic heterocycles. The SMILES string of the molecule is CC1(c2ccc(Cl)s2)NCCc2[nH]cnc21. The lowest BCUT2D eigenvalue weighted by Gasteiger charge is -2.33. The molecule has 0 fully saturated rings. The normalized spacial score (nSPS) is 24.4. The zero-order valence-corrected chi connectivity index (χ0v) is 10.5. The van der Waals surface area contributed by atoms with Gasteiger partial charge in [-0.05, 0) is 19.1 Å². The molecule has 0 spiro atoms. The van der Waals surface area contributed by atoms with Crippen LogP contribution in [0.25, 0.3) is 0 Å². The van der Waals surface area contributed by atoms with Crippen LogP contribution in [0.4, 0.5) is 0 Å². The molecule has 2 N–H and O–H groups in total. The Labute approximate surface area is 103 Å². The highest BCUT2D eigenvalue weighted by Gasteiger charge is 2.36. The Kier molecular flexibility index (Phi) is 2.31. The zero-order chi connectivity index (χ0) is 11.2. The van der Waals surface area contributed by atoms with E-state index in [0.717, 1.165) is 23.0 Å². The van der Waals surface area contributed by atoms with E-state index in [4.69, 9.17) is 11.6 Å². The number of fused-ring (bicyclic) bond motifs is 1. The van der Waals surface area contributed by atoms with E-state index >= 15 is 0 Å². The lowest BCUT2D eigenvalue weighted by Crippen LogP contribution is -2.45. The number of imidazole rings is 1. The van der Waals surface area contributed by atoms with Crippen LogP contribution in [0.3, 0.4) is 0 Å². The maximum atomic E-state index is 6.01. The Bertz CT molecular complexity index is 519. The van der Waals surface area contributed by atoms with Crippen molar-refractivity contribution in [3.8, 4) is 0 Å². The van der Waals surface area contributed by atoms with E-state index in [9.17, 15) is 0 Å². The first-order chi connectivity index (χ1) is 7.70. The van der Waals surface area contributed by atoms with Crippen LogP contribution in [-0.4, -0.2) is 16.5 Å². The van der Waals surface area contributed by atoms with E-state index in [0.29, 0.717) is 0 Å². The third-order valence-corrected chi connectivity index (χ3v) is 4.56. The Morgan fingerprint density at radius 2 is 2.38 bits per heavy atom. The molecule has 1 unspecified atom stereocenters. The number of aromatic nitrogens is 2. The third-order valence-electron chi connectivity index (χ3n) is 3.11. The number of halogens is 1. The number of thiophene rings is 1. The van der Waals surface area contributed by atoms with Crippen molar-refractivity contribution in [2.75, 3.05) is 6.54 Å². The van der Waals surface area contributed by atoms with Gasteiger partial charge in [-0.15, -0.1) is 11.3 Å². The highest BCUT2D eigenvalue weighted by Crippen LogP contribution is 2.37. The summed E-state index contributed by atoms with van der Waals surface area (Å²) in [5, 5.41) is 3.54. The Morgan fingerprint density at radius 3 is 3.12 bits per heavy atom. The summed E-state index contributed by atoms with van der Waals surface area (Å²) < 4.78 is 0.820. The van der Waals surface area contributed by atoms with E-state index in [2.05, 4.69) is 28.3 Å². The molecule has 0 aromatic carbocycles. The minimum absolute atomic E-state index is 0.203. The number of hydrogen-bond donors (Lipinski definition) is 2. The molecule has 16 heavy (non-hydrogen) atoms. The van der Waals surface area contributed by atoms with Gasteiger partial charge in [0.05, 0.1) is 21.9 Å². The highest BCUT2D eigenvalue weighted by molar-refractivity contribution is 7.16. The Hall–Kier alpha value is -0.840. The van der Waals surface area contributed by atoms with Crippen molar-refractivity contribution in [3.63, 3.8) is 0 Å². The van der Waals surface area contributed by atoms with Crippen molar-refractivity contribution in [2.24, 2.45) is 0 Å². The molecule has 0 saturated heterocycles. The average Bonchev–Trinajstić information content (AvgIpc) is 2.87. The van der Waals surface area contributed by atoms with E-state index in [1.807, 2.05) is 6.07 Å². The van der Waals surface area contributed by atoms with Crippen LogP contribution in [0.1, 0.15) is 23.2 Å². The molecular weight excluding hydrogens is 242 g/mol. The maximum absolute atomic E-state index is 6.01. The summed E-state index contributed by atoms with van der Waals surface area (Å²) in [5.74, 6) is 0. The fourth-order valence-corrected chi connectivity index (χ4v) is 3.42. The van der Waals surface area contributed by atoms with Gasteiger partial charge in [0.2, 0.25) is 0 Å². The van der Waals surface area contributed by atoms with Crippen molar-refractivity contribution >= 4 is 22.9 Å². The van der Waals surface area contributed by atoms with Gasteiger partial charge in [0.25, 0.3) is 0 Å². The van der Waals surface area contributed by atoms with E-state index < -0.39 is 0 Å². The first-order valence-corrected chi connectivity index (χ1v) is 6.43. The van der Waals surface area contributed by atoms with Crippen LogP contribution in [0.15, 0.2) is 18.5 Å². The van der Waals surface area contributed by atoms with Crippen molar-refractivity contribution in [3.05, 3.63) is 39.1 Å². The Morgan fingerprint density at radius 1 is 1.50 bits per heavy atom. The van der Waals surface area contributed by atoms with Crippen LogP contribution in [0, 0.1) is 0 Å². The van der Waals surface area contributed by atoms with Crippen LogP contribution >= 0.6 is 22.9 Å². The fourth-order valence-electron chi connectivity index (χ4n) is 2.25. The zero-order valence-electron chi connectivity index (χ0n) is 8.88. The molecule has 0 bridgehead atoms. The van der Waals surface area contributed by atoms with Crippen LogP contribution in [-0.2, 0) is 12.0 Å². The molecule has 0 amide bonds. The van der Waals surface area contributed by atoms with Gasteiger partial charge < -0.3 is 10.3 Å². The minimum Gasteiger partial charge on any atom is -0.348 e. The summed E-state index contributed by atoms with van der Waals surface area (Å²) >= 11 is 7.61. The second-order valence-corrected chi connectivity index (χ2v) is 5.85. The topological polar surface area (TPSA) is 40.7 Å². The molecule has 2 aromatic rings. The monoisotopic (exact) mass is 253 g/mol. The van der Waals surface area contributed by atoms with Crippen LogP contribution in [0.5, 0.6) is 0 Å². The van der Waals surface area contributed by atoms with E-state index in [1.165, 1.54) is 10.6 Å². The lowest BCUT2D eigenvalue weighted by atomic mass is 9.90. The number of rotatable bonds is 1. The Balaban J connectivity index is 2.13. The van der Waals surface area contributed by atoms with Gasteiger partial charge in [0, 0.05) is 23.5 Å². The summed E-state index contributed by atoms with van der Waals surface area (Å²) in [6, 6.07) is 4.01. The van der Waals surface area contributed by atoms with Gasteiger partial charge in [-0.1, -0.05) is 11.6 Å². The number of nitrogens with zero attached hydrogens (tertiary/aromatic N) is 1. The van der Waals surface area contributed by atoms with Gasteiger partial charge >= 0.3 is 0 Å². The molecule has 5 heteroatoms. The molecule has 1 atom stereocenters. The predicted molar refractivity (Wildman–Crippen MR) is 66.1 cm³/mol. The summed E-state index contributed by atoms with van der Waals surface area (Å²) in [7, 11) is 0. The van der Waals surface area contributed by atoms with Crippen molar-refractivity contribution in [2.45, 2.75) is 18.9 Å². The molecular formula is C11H12ClN3S. The summed E-state index contributed by atoms with van der Waals surface area (Å²) in [5.41, 5.74) is 2.12. The second-order valence-electron chi connectivity index (χ2n) is 4.14. The predicted octanol–water partition coefficient (Wildman–Crippen LogP) is 2.53. The number of H-pyrrole nitrogens is 1. The summed E-state index contributed by atoms with van der Waals surface area (Å²) in [4.78, 5) is 8.86. The maximum Gasteiger partial charge on any atom is 0.0947 e. The average molecular weight is 254 g/mol. The molecule has 2 aromatic heterocycles. The molecule has 1 aliphatic rings. The lowest BCUT2D eigenvalue weighted by molar-refractivity contribution is 0.410. The molecule has 3 rings (SSSR count). The van der Waals surface area contributed by atoms with Gasteiger partial charge in [-0.2, -0.15) is 0 Å². The highest BCUT2D eigenvalue weighted by atomic mass is 35.5. The van der Waals surface area contributed by atoms with Crippen LogP contribution < -0.4 is 5.32 Å². The summed E-state index contributed by atoms with van der Waals surface area (Å²) in [6.45, 7) is 3.12. The second kappa shape index (κ2) is 3.58. The van der Waals surface area contributed by atoms with Crippen molar-refractivity contribution in [1.82, 2.24) is 15.3 Å². The number of hydrogen-bond acceptors (Lipinski definition) is 3. The van der Waals surface area contributed by atoms with Gasteiger partial charge in [0.15, 0.2) is 0 Å². The summed E-state index contributed by atoms with van der Waals surface area (Å²) in [6.07, 6.45) is 2.77. The fraction of sp³-hybridized carbons (Fsp3) is 0.364. The molecule has 0 aliphatic carbocycles. The van der Waals surface area contributed by atoms with Crippen LogP contribution in [0.2, 0.25) is 4.34 Å².